The molecule has 5 N–H and O–H groups in total. The Hall–Kier alpha value is -4.35. The lowest BCUT2D eigenvalue weighted by Gasteiger charge is -2.15. The highest BCUT2D eigenvalue weighted by Gasteiger charge is 2.30. The zero-order valence-electron chi connectivity index (χ0n) is 22.1. The summed E-state index contributed by atoms with van der Waals surface area (Å²) in [6, 6.07) is 15.0. The molecule has 0 bridgehead atoms. The summed E-state index contributed by atoms with van der Waals surface area (Å²) in [7, 11) is 0. The monoisotopic (exact) mass is 572 g/mol. The predicted octanol–water partition coefficient (Wildman–Crippen LogP) is 6.83. The van der Waals surface area contributed by atoms with E-state index in [0.717, 1.165) is 43.5 Å². The molecule has 1 unspecified atom stereocenters. The van der Waals surface area contributed by atoms with E-state index in [4.69, 9.17) is 20.9 Å². The van der Waals surface area contributed by atoms with Crippen LogP contribution in [0.25, 0.3) is 6.08 Å². The predicted molar refractivity (Wildman–Crippen MR) is 148 cm³/mol. The molecule has 1 atom stereocenters. The highest BCUT2D eigenvalue weighted by Crippen LogP contribution is 2.29. The van der Waals surface area contributed by atoms with Gasteiger partial charge in [0.1, 0.15) is 11.9 Å². The highest BCUT2D eigenvalue weighted by atomic mass is 19.4. The van der Waals surface area contributed by atoms with Crippen LogP contribution in [0.1, 0.15) is 65.3 Å². The van der Waals surface area contributed by atoms with Gasteiger partial charge in [0.05, 0.1) is 17.7 Å². The van der Waals surface area contributed by atoms with E-state index in [9.17, 15) is 28.0 Å². The first-order valence-electron chi connectivity index (χ1n) is 12.9. The van der Waals surface area contributed by atoms with E-state index in [-0.39, 0.29) is 17.9 Å². The molecule has 3 aromatic rings. The minimum Gasteiger partial charge on any atom is -0.463 e. The molecule has 0 aromatic heterocycles. The lowest BCUT2D eigenvalue weighted by atomic mass is 10.0. The van der Waals surface area contributed by atoms with Crippen LogP contribution in [-0.4, -0.2) is 23.8 Å². The van der Waals surface area contributed by atoms with Gasteiger partial charge in [-0.2, -0.15) is 13.2 Å². The molecule has 8 nitrogen and oxygen atoms in total. The van der Waals surface area contributed by atoms with E-state index in [2.05, 4.69) is 4.89 Å². The van der Waals surface area contributed by atoms with Gasteiger partial charge in [-0.3, -0.25) is 5.26 Å². The Morgan fingerprint density at radius 3 is 2.12 bits per heavy atom. The van der Waals surface area contributed by atoms with Crippen molar-refractivity contribution in [3.63, 3.8) is 0 Å². The molecule has 0 fully saturated rings. The number of nitrogen functional groups attached to an aromatic ring is 2. The van der Waals surface area contributed by atoms with Crippen molar-refractivity contribution >= 4 is 29.4 Å². The first kappa shape index (κ1) is 31.2. The molecule has 3 aromatic carbocycles. The molecule has 3 rings (SSSR count). The molecule has 0 heterocycles. The van der Waals surface area contributed by atoms with Crippen LogP contribution in [0.3, 0.4) is 0 Å². The molecule has 11 heteroatoms. The number of benzene rings is 3. The van der Waals surface area contributed by atoms with E-state index in [0.29, 0.717) is 35.3 Å². The Bertz CT molecular complexity index is 1310. The van der Waals surface area contributed by atoms with E-state index in [1.54, 1.807) is 36.4 Å². The highest BCUT2D eigenvalue weighted by molar-refractivity contribution is 5.91. The summed E-state index contributed by atoms with van der Waals surface area (Å²) in [5.74, 6) is -1.10. The number of halogens is 3. The third kappa shape index (κ3) is 10.3. The lowest BCUT2D eigenvalue weighted by molar-refractivity contribution is -0.283. The number of anilines is 2. The van der Waals surface area contributed by atoms with Crippen molar-refractivity contribution < 1.29 is 42.4 Å². The minimum atomic E-state index is -4.49. The maximum Gasteiger partial charge on any atom is 0.416 e. The van der Waals surface area contributed by atoms with Gasteiger partial charge in [0, 0.05) is 17.5 Å². The molecule has 0 aliphatic carbocycles. The zero-order valence-corrected chi connectivity index (χ0v) is 22.1. The van der Waals surface area contributed by atoms with Gasteiger partial charge in [0.15, 0.2) is 0 Å². The summed E-state index contributed by atoms with van der Waals surface area (Å²) >= 11 is 0. The maximum absolute atomic E-state index is 12.7. The Labute approximate surface area is 235 Å². The zero-order chi connectivity index (χ0) is 29.8. The third-order valence-corrected chi connectivity index (χ3v) is 6.05. The first-order valence-corrected chi connectivity index (χ1v) is 12.9. The second kappa shape index (κ2) is 14.9. The topological polar surface area (TPSA) is 134 Å². The number of unbranched alkanes of at least 4 members (excludes halogenated alkanes) is 3. The van der Waals surface area contributed by atoms with Gasteiger partial charge in [-0.05, 0) is 84.6 Å². The van der Waals surface area contributed by atoms with Crippen LogP contribution in [0.5, 0.6) is 5.75 Å². The Morgan fingerprint density at radius 2 is 1.51 bits per heavy atom. The Morgan fingerprint density at radius 1 is 0.878 bits per heavy atom. The van der Waals surface area contributed by atoms with Crippen molar-refractivity contribution in [1.82, 2.24) is 0 Å². The van der Waals surface area contributed by atoms with Crippen LogP contribution in [0, 0.1) is 0 Å². The summed E-state index contributed by atoms with van der Waals surface area (Å²) in [5, 5.41) is 9.22. The number of carbonyl (C=O) groups excluding carboxylic acids is 2. The fourth-order valence-electron chi connectivity index (χ4n) is 3.95. The minimum absolute atomic E-state index is 0.0171. The fourth-order valence-corrected chi connectivity index (χ4v) is 3.95. The summed E-state index contributed by atoms with van der Waals surface area (Å²) < 4.78 is 48.4. The summed E-state index contributed by atoms with van der Waals surface area (Å²) in [5.41, 5.74) is 13.1. The van der Waals surface area contributed by atoms with Crippen molar-refractivity contribution in [2.45, 2.75) is 44.4 Å². The van der Waals surface area contributed by atoms with Gasteiger partial charge in [-0.1, -0.05) is 31.4 Å². The van der Waals surface area contributed by atoms with E-state index < -0.39 is 29.8 Å². The number of carbonyl (C=O) groups is 2. The molecule has 41 heavy (non-hydrogen) atoms. The van der Waals surface area contributed by atoms with Crippen molar-refractivity contribution in [3.05, 3.63) is 95.1 Å². The lowest BCUT2D eigenvalue weighted by Crippen LogP contribution is -2.10. The van der Waals surface area contributed by atoms with Gasteiger partial charge < -0.3 is 20.9 Å². The molecule has 0 radical (unpaired) electrons. The molecule has 0 spiro atoms. The smallest absolute Gasteiger partial charge is 0.416 e. The van der Waals surface area contributed by atoms with Crippen LogP contribution in [0.2, 0.25) is 0 Å². The van der Waals surface area contributed by atoms with Crippen molar-refractivity contribution in [2.24, 2.45) is 0 Å². The fraction of sp³-hybridized carbons (Fsp3) is 0.267. The second-order valence-corrected chi connectivity index (χ2v) is 9.26. The van der Waals surface area contributed by atoms with Gasteiger partial charge in [0.2, 0.25) is 0 Å². The van der Waals surface area contributed by atoms with Gasteiger partial charge >= 0.3 is 18.1 Å². The van der Waals surface area contributed by atoms with Crippen LogP contribution < -0.4 is 16.2 Å². The number of hydrogen-bond acceptors (Lipinski definition) is 8. The average molecular weight is 573 g/mol. The van der Waals surface area contributed by atoms with E-state index >= 15 is 0 Å². The maximum atomic E-state index is 12.7. The van der Waals surface area contributed by atoms with Crippen molar-refractivity contribution in [3.8, 4) is 5.75 Å². The van der Waals surface area contributed by atoms with Gasteiger partial charge in [0.25, 0.3) is 0 Å². The second-order valence-electron chi connectivity index (χ2n) is 9.26. The number of hydrogen-bond donors (Lipinski definition) is 3. The summed E-state index contributed by atoms with van der Waals surface area (Å²) in [4.78, 5) is 28.7. The number of alkyl halides is 3. The molecular formula is C30H31F3N2O6. The number of ether oxygens (including phenoxy) is 2. The largest absolute Gasteiger partial charge is 0.463 e. The van der Waals surface area contributed by atoms with Crippen LogP contribution in [0.4, 0.5) is 24.5 Å². The van der Waals surface area contributed by atoms with E-state index in [1.165, 1.54) is 18.2 Å². The quantitative estimate of drug-likeness (QED) is 0.0386. The number of esters is 2. The third-order valence-electron chi connectivity index (χ3n) is 6.05. The standard InChI is InChI=1S/C30H31F3N2O6/c31-30(32,33)23-11-9-21(10-12-23)29(37)40-26-13-6-20(7-14-26)8-15-28(36)39-16-4-2-1-3-5-27(41-38)22-17-24(34)19-25(35)18-22/h6-15,17-19,27,38H,1-5,16,34-35H2/b15-8+. The van der Waals surface area contributed by atoms with Gasteiger partial charge in [-0.25, -0.2) is 14.5 Å². The van der Waals surface area contributed by atoms with Crippen LogP contribution in [0.15, 0.2) is 72.8 Å². The SMILES string of the molecule is Nc1cc(N)cc(C(CCCCCCOC(=O)/C=C/c2ccc(OC(=O)c3ccc(C(F)(F)F)cc3)cc2)OO)c1. The Kier molecular flexibility index (Phi) is 11.3. The molecule has 0 aliphatic rings. The first-order chi connectivity index (χ1) is 19.5. The van der Waals surface area contributed by atoms with E-state index in [1.807, 2.05) is 0 Å². The summed E-state index contributed by atoms with van der Waals surface area (Å²) in [6.07, 6.45) is 1.51. The van der Waals surface area contributed by atoms with Gasteiger partial charge in [-0.15, -0.1) is 0 Å². The molecule has 0 saturated heterocycles. The van der Waals surface area contributed by atoms with Crippen molar-refractivity contribution in [1.29, 1.82) is 0 Å². The number of rotatable bonds is 13. The average Bonchev–Trinajstić information content (AvgIpc) is 2.93. The molecular weight excluding hydrogens is 541 g/mol. The Balaban J connectivity index is 1.33. The molecule has 218 valence electrons. The number of nitrogens with two attached hydrogens (primary N) is 2. The van der Waals surface area contributed by atoms with Crippen LogP contribution >= 0.6 is 0 Å². The molecule has 0 amide bonds. The summed E-state index contributed by atoms with van der Waals surface area (Å²) in [6.45, 7) is 0.258. The van der Waals surface area contributed by atoms with Crippen LogP contribution in [-0.2, 0) is 20.6 Å². The normalized spacial score (nSPS) is 12.3. The van der Waals surface area contributed by atoms with Crippen molar-refractivity contribution in [2.75, 3.05) is 18.1 Å². The molecule has 0 saturated carbocycles. The molecule has 0 aliphatic heterocycles.